The van der Waals surface area contributed by atoms with E-state index in [9.17, 15) is 97.8 Å². The van der Waals surface area contributed by atoms with Crippen molar-refractivity contribution in [2.45, 2.75) is 123 Å². The van der Waals surface area contributed by atoms with Gasteiger partial charge < -0.3 is 162 Å². The Balaban J connectivity index is 0.00000184. The Bertz CT molecular complexity index is 3440. The van der Waals surface area contributed by atoms with Gasteiger partial charge in [0.15, 0.2) is 11.9 Å². The third-order valence-electron chi connectivity index (χ3n) is 14.0. The number of primary amides is 2. The number of carbonyl (C=O) groups is 14. The van der Waals surface area contributed by atoms with Gasteiger partial charge in [-0.1, -0.05) is 0 Å². The molecule has 4 aliphatic rings. The standard InChI is InChI=1S/2C25H43N13O10.3H2O4S/c2*26-3-1-16(41)10(27)5-17(42)33-12-6-31-23(47)18(11-2-4-30-24(28)37-11)38-20(44)13(7-32-25(29)48)34-21(45)14(8-39)36-22(46)15(9-40)35-19(12)43;3*1-5(2,3)4/h2*7,10-12,14-16,18,39-41H,1-6,8-9,26-27H2,(H,31,47)(H,33,42)(H,34,45)(H,35,43)(H,36,46)(H,38,44)(H3,28,30,37)(H3,29,32,48);3*(H2,1,2,3,4)/b2*13-7-;;;/t2*10-,11-,12+,14+,15+,16-,18+;;;/m11.../s1. The lowest BCUT2D eigenvalue weighted by molar-refractivity contribution is -0.135. The van der Waals surface area contributed by atoms with Crippen molar-refractivity contribution in [3.63, 3.8) is 0 Å². The van der Waals surface area contributed by atoms with Crippen molar-refractivity contribution in [3.8, 4) is 0 Å². The number of urea groups is 2. The van der Waals surface area contributed by atoms with E-state index in [-0.39, 0.29) is 63.8 Å². The molecule has 4 aliphatic heterocycles. The second-order valence-electron chi connectivity index (χ2n) is 22.7. The average molecular weight is 1670 g/mol. The summed E-state index contributed by atoms with van der Waals surface area (Å²) in [5.41, 5.74) is 42.9. The van der Waals surface area contributed by atoms with Crippen molar-refractivity contribution in [1.29, 1.82) is 0 Å². The SMILES string of the molecule is NCC[C@@H](O)[C@H](N)CC(=O)N[C@H]1CNC(=O)[C@H]([C@H]2CCNC(N)=N2)NC(=O)/C(=C/NC(N)=O)NC(=O)[C@H](CO)NC(=O)[C@H](CO)NC1=O.NCC[C@@H](O)[C@H](N)CC(=O)N[C@H]1CNC(=O)[C@H]([C@H]2CCNC(N)=N2)NC(=O)/C(=C/NC(N)=O)NC(=O)[C@H](CO)NC(=O)[C@H](CO)NC1=O.O=S(=O)(O)O.O=S(=O)(O)O.O=S(=O)(O)O. The molecule has 0 aromatic rings. The van der Waals surface area contributed by atoms with Crippen molar-refractivity contribution >= 4 is 126 Å². The fraction of sp³-hybridized carbons (Fsp3) is 0.600. The van der Waals surface area contributed by atoms with Crippen molar-refractivity contribution < 1.29 is 150 Å². The number of aliphatic hydroxyl groups excluding tert-OH is 6. The highest BCUT2D eigenvalue weighted by molar-refractivity contribution is 7.80. The summed E-state index contributed by atoms with van der Waals surface area (Å²) >= 11 is 0. The zero-order valence-corrected chi connectivity index (χ0v) is 60.3. The van der Waals surface area contributed by atoms with Gasteiger partial charge in [-0.15, -0.1) is 0 Å². The minimum atomic E-state index is -4.67. The average Bonchev–Trinajstić information content (AvgIpc) is 0.835. The molecule has 16 amide bonds. The molecule has 0 bridgehead atoms. The minimum Gasteiger partial charge on any atom is -0.394 e. The Morgan fingerprint density at radius 2 is 0.739 bits per heavy atom. The molecule has 0 saturated carbocycles. The van der Waals surface area contributed by atoms with Gasteiger partial charge in [-0.05, 0) is 38.8 Å². The molecule has 0 radical (unpaired) electrons. The van der Waals surface area contributed by atoms with E-state index in [2.05, 4.69) is 84.4 Å². The molecule has 4 heterocycles. The maximum absolute atomic E-state index is 13.5. The maximum atomic E-state index is 13.5. The summed E-state index contributed by atoms with van der Waals surface area (Å²) in [4.78, 5) is 189. The molecule has 0 aliphatic carbocycles. The molecule has 2 saturated heterocycles. The van der Waals surface area contributed by atoms with E-state index in [0.29, 0.717) is 12.4 Å². The van der Waals surface area contributed by atoms with Crippen LogP contribution in [-0.4, -0.2) is 328 Å². The number of guanidine groups is 2. The zero-order chi connectivity index (χ0) is 85.4. The molecule has 632 valence electrons. The van der Waals surface area contributed by atoms with Gasteiger partial charge in [0.25, 0.3) is 11.8 Å². The molecule has 2 fully saturated rings. The van der Waals surface area contributed by atoms with E-state index in [4.69, 9.17) is 98.4 Å². The van der Waals surface area contributed by atoms with Crippen LogP contribution in [0.4, 0.5) is 9.59 Å². The summed E-state index contributed by atoms with van der Waals surface area (Å²) in [6, 6.07) is -19.8. The quantitative estimate of drug-likeness (QED) is 0.0398. The van der Waals surface area contributed by atoms with Gasteiger partial charge in [0.1, 0.15) is 59.7 Å². The van der Waals surface area contributed by atoms with Gasteiger partial charge in [0, 0.05) is 63.5 Å². The summed E-state index contributed by atoms with van der Waals surface area (Å²) in [6.07, 6.45) is -1.38. The molecule has 0 spiro atoms. The Hall–Kier alpha value is -10.6. The highest BCUT2D eigenvalue weighted by Gasteiger charge is 2.39. The third-order valence-corrected chi connectivity index (χ3v) is 14.0. The molecule has 111 heavy (non-hydrogen) atoms. The van der Waals surface area contributed by atoms with Crippen LogP contribution >= 0.6 is 0 Å². The molecule has 4 rings (SSSR count). The van der Waals surface area contributed by atoms with Crippen molar-refractivity contribution in [2.75, 3.05) is 65.7 Å². The topological polar surface area (TPSA) is 1010 Å². The van der Waals surface area contributed by atoms with Crippen LogP contribution in [-0.2, 0) is 88.7 Å². The third kappa shape index (κ3) is 43.4. The largest absolute Gasteiger partial charge is 0.394 e. The van der Waals surface area contributed by atoms with E-state index in [1.807, 2.05) is 10.6 Å². The molecule has 14 atom stereocenters. The normalized spacial score (nSPS) is 24.6. The first-order valence-corrected chi connectivity index (χ1v) is 35.7. The summed E-state index contributed by atoms with van der Waals surface area (Å²) in [5, 5.41) is 95.9. The summed E-state index contributed by atoms with van der Waals surface area (Å²) in [5.74, 6) is -12.9. The fourth-order valence-electron chi connectivity index (χ4n) is 8.80. The highest BCUT2D eigenvalue weighted by atomic mass is 32.3. The molecular weight excluding hydrogens is 1570 g/mol. The Labute approximate surface area is 627 Å². The van der Waals surface area contributed by atoms with Crippen molar-refractivity contribution in [2.24, 2.45) is 55.9 Å². The first-order valence-electron chi connectivity index (χ1n) is 31.5. The van der Waals surface area contributed by atoms with Crippen LogP contribution in [0.15, 0.2) is 33.8 Å². The number of nitrogens with zero attached hydrogens (tertiary/aromatic N) is 2. The van der Waals surface area contributed by atoms with Crippen molar-refractivity contribution in [1.82, 2.24) is 85.1 Å². The number of nitrogens with one attached hydrogen (secondary N) is 16. The van der Waals surface area contributed by atoms with Gasteiger partial charge in [0.05, 0.1) is 50.7 Å². The van der Waals surface area contributed by atoms with Gasteiger partial charge >= 0.3 is 43.3 Å². The molecule has 58 nitrogen and oxygen atoms in total. The van der Waals surface area contributed by atoms with E-state index in [0.717, 1.165) is 0 Å². The van der Waals surface area contributed by atoms with Gasteiger partial charge in [-0.25, -0.2) is 19.6 Å². The number of nitrogens with two attached hydrogens (primary N) is 8. The predicted molar refractivity (Wildman–Crippen MR) is 371 cm³/mol. The number of rotatable bonds is 20. The second-order valence-corrected chi connectivity index (χ2v) is 25.4. The minimum absolute atomic E-state index is 0.0610. The summed E-state index contributed by atoms with van der Waals surface area (Å²) in [7, 11) is -14.0. The lowest BCUT2D eigenvalue weighted by Crippen LogP contribution is -2.62. The van der Waals surface area contributed by atoms with E-state index in [1.165, 1.54) is 0 Å². The summed E-state index contributed by atoms with van der Waals surface area (Å²) < 4.78 is 94.8. The van der Waals surface area contributed by atoms with Crippen molar-refractivity contribution in [3.05, 3.63) is 23.8 Å². The molecule has 0 unspecified atom stereocenters. The zero-order valence-electron chi connectivity index (χ0n) is 57.8. The lowest BCUT2D eigenvalue weighted by Gasteiger charge is -2.29. The maximum Gasteiger partial charge on any atom is 0.394 e. The Morgan fingerprint density at radius 1 is 0.459 bits per heavy atom. The lowest BCUT2D eigenvalue weighted by atomic mass is 10.0. The number of aliphatic imine (C=N–C) groups is 2. The monoisotopic (exact) mass is 1660 g/mol. The fourth-order valence-corrected chi connectivity index (χ4v) is 8.80. The summed E-state index contributed by atoms with van der Waals surface area (Å²) in [6.45, 7) is -4.76. The molecule has 44 N–H and O–H groups in total. The van der Waals surface area contributed by atoms with E-state index < -0.39 is 263 Å². The second kappa shape index (κ2) is 49.5. The van der Waals surface area contributed by atoms with Crippen LogP contribution in [0.25, 0.3) is 0 Å². The number of hydrogen-bond acceptors (Lipinski definition) is 36. The molecule has 61 heteroatoms. The molecular formula is C50H92N26O32S3. The smallest absolute Gasteiger partial charge is 0.394 e. The van der Waals surface area contributed by atoms with Gasteiger partial charge in [-0.3, -0.25) is 84.9 Å². The Morgan fingerprint density at radius 3 is 1.00 bits per heavy atom. The molecule has 0 aromatic carbocycles. The van der Waals surface area contributed by atoms with Crippen LogP contribution in [0.3, 0.4) is 0 Å². The molecule has 0 aromatic heterocycles. The first kappa shape index (κ1) is 100. The number of aliphatic hydroxyl groups is 6. The number of carbonyl (C=O) groups excluding carboxylic acids is 14. The van der Waals surface area contributed by atoms with Gasteiger partial charge in [0.2, 0.25) is 59.1 Å². The number of amides is 16. The van der Waals surface area contributed by atoms with Crippen LogP contribution in [0.2, 0.25) is 0 Å². The highest BCUT2D eigenvalue weighted by Crippen LogP contribution is 2.13. The predicted octanol–water partition coefficient (Wildman–Crippen LogP) is -20.4. The Kier molecular flexibility index (Phi) is 44.8. The van der Waals surface area contributed by atoms with Gasteiger partial charge in [-0.2, -0.15) is 25.3 Å². The van der Waals surface area contributed by atoms with Crippen LogP contribution in [0.5, 0.6) is 0 Å². The number of hydrogen-bond donors (Lipinski definition) is 36. The van der Waals surface area contributed by atoms with Crippen LogP contribution in [0.1, 0.15) is 38.5 Å². The van der Waals surface area contributed by atoms with E-state index >= 15 is 0 Å². The first-order chi connectivity index (χ1) is 51.4. The van der Waals surface area contributed by atoms with Crippen LogP contribution < -0.4 is 131 Å². The van der Waals surface area contributed by atoms with E-state index in [1.54, 1.807) is 0 Å². The van der Waals surface area contributed by atoms with Crippen LogP contribution in [0, 0.1) is 0 Å².